The molecule has 21 heavy (non-hydrogen) atoms. The molecule has 0 amide bonds. The van der Waals surface area contributed by atoms with Crippen LogP contribution in [0.5, 0.6) is 0 Å². The monoisotopic (exact) mass is 285 g/mol. The predicted molar refractivity (Wildman–Crippen MR) is 84.6 cm³/mol. The molecule has 2 rings (SSSR count). The number of aliphatic imine (C=N–C) groups is 1. The van der Waals surface area contributed by atoms with Crippen molar-refractivity contribution in [3.05, 3.63) is 71.0 Å². The third-order valence-corrected chi connectivity index (χ3v) is 3.34. The molecule has 2 aromatic carbocycles. The highest BCUT2D eigenvalue weighted by Crippen LogP contribution is 2.07. The Labute approximate surface area is 124 Å². The molecule has 2 N–H and O–H groups in total. The Morgan fingerprint density at radius 3 is 2.14 bits per heavy atom. The number of guanidine groups is 1. The number of halogens is 1. The first-order chi connectivity index (χ1) is 10.2. The third kappa shape index (κ3) is 4.31. The van der Waals surface area contributed by atoms with E-state index in [0.29, 0.717) is 24.6 Å². The molecular formula is C17H20FN3. The van der Waals surface area contributed by atoms with Crippen LogP contribution in [-0.4, -0.2) is 13.0 Å². The molecule has 0 unspecified atom stereocenters. The molecule has 0 heterocycles. The number of aryl methyl sites for hydroxylation is 1. The molecule has 0 aliphatic heterocycles. The Balaban J connectivity index is 1.90. The van der Waals surface area contributed by atoms with E-state index < -0.39 is 0 Å². The summed E-state index contributed by atoms with van der Waals surface area (Å²) >= 11 is 0. The van der Waals surface area contributed by atoms with Gasteiger partial charge in [0.15, 0.2) is 5.96 Å². The SMILES string of the molecule is CN=C(NCc1ccccc1C)NCc1ccccc1F. The van der Waals surface area contributed by atoms with E-state index in [1.54, 1.807) is 19.2 Å². The van der Waals surface area contributed by atoms with Crippen molar-refractivity contribution in [1.29, 1.82) is 0 Å². The van der Waals surface area contributed by atoms with Gasteiger partial charge < -0.3 is 10.6 Å². The molecule has 0 fully saturated rings. The highest BCUT2D eigenvalue weighted by atomic mass is 19.1. The summed E-state index contributed by atoms with van der Waals surface area (Å²) in [5, 5.41) is 6.35. The summed E-state index contributed by atoms with van der Waals surface area (Å²) in [5.74, 6) is 0.445. The normalized spacial score (nSPS) is 11.3. The maximum atomic E-state index is 13.5. The fraction of sp³-hybridized carbons (Fsp3) is 0.235. The number of nitrogens with one attached hydrogen (secondary N) is 2. The van der Waals surface area contributed by atoms with Crippen molar-refractivity contribution in [3.8, 4) is 0 Å². The summed E-state index contributed by atoms with van der Waals surface area (Å²) in [5.41, 5.74) is 3.07. The zero-order chi connectivity index (χ0) is 15.1. The molecule has 4 heteroatoms. The molecule has 110 valence electrons. The van der Waals surface area contributed by atoms with E-state index in [1.165, 1.54) is 17.2 Å². The van der Waals surface area contributed by atoms with Crippen LogP contribution in [0.4, 0.5) is 4.39 Å². The van der Waals surface area contributed by atoms with Gasteiger partial charge in [0, 0.05) is 25.7 Å². The van der Waals surface area contributed by atoms with Gasteiger partial charge in [0.2, 0.25) is 0 Å². The summed E-state index contributed by atoms with van der Waals surface area (Å²) in [4.78, 5) is 4.15. The second kappa shape index (κ2) is 7.43. The van der Waals surface area contributed by atoms with Crippen LogP contribution in [-0.2, 0) is 13.1 Å². The Hall–Kier alpha value is -2.36. The zero-order valence-corrected chi connectivity index (χ0v) is 12.4. The summed E-state index contributed by atoms with van der Waals surface area (Å²) in [6.45, 7) is 3.16. The quantitative estimate of drug-likeness (QED) is 0.669. The van der Waals surface area contributed by atoms with Crippen LogP contribution in [0.1, 0.15) is 16.7 Å². The minimum absolute atomic E-state index is 0.209. The smallest absolute Gasteiger partial charge is 0.191 e. The van der Waals surface area contributed by atoms with E-state index in [9.17, 15) is 4.39 Å². The van der Waals surface area contributed by atoms with Crippen molar-refractivity contribution >= 4 is 5.96 Å². The molecule has 0 bridgehead atoms. The lowest BCUT2D eigenvalue weighted by Gasteiger charge is -2.13. The van der Waals surface area contributed by atoms with E-state index in [2.05, 4.69) is 34.7 Å². The van der Waals surface area contributed by atoms with Crippen LogP contribution in [0, 0.1) is 12.7 Å². The number of rotatable bonds is 4. The standard InChI is InChI=1S/C17H20FN3/c1-13-7-3-4-8-14(13)11-20-17(19-2)21-12-15-9-5-6-10-16(15)18/h3-10H,11-12H2,1-2H3,(H2,19,20,21). The lowest BCUT2D eigenvalue weighted by Crippen LogP contribution is -2.36. The summed E-state index contributed by atoms with van der Waals surface area (Å²) in [6, 6.07) is 14.9. The van der Waals surface area contributed by atoms with Crippen LogP contribution < -0.4 is 10.6 Å². The van der Waals surface area contributed by atoms with Crippen molar-refractivity contribution in [2.75, 3.05) is 7.05 Å². The Bertz CT molecular complexity index is 571. The van der Waals surface area contributed by atoms with Gasteiger partial charge in [0.1, 0.15) is 5.82 Å². The molecule has 0 aliphatic rings. The molecule has 0 saturated heterocycles. The average molecular weight is 285 g/mol. The van der Waals surface area contributed by atoms with Crippen molar-refractivity contribution in [2.24, 2.45) is 4.99 Å². The lowest BCUT2D eigenvalue weighted by molar-refractivity contribution is 0.604. The van der Waals surface area contributed by atoms with Gasteiger partial charge in [-0.05, 0) is 24.1 Å². The molecule has 0 saturated carbocycles. The van der Waals surface area contributed by atoms with Gasteiger partial charge in [-0.3, -0.25) is 4.99 Å². The fourth-order valence-corrected chi connectivity index (χ4v) is 2.03. The number of hydrogen-bond donors (Lipinski definition) is 2. The number of hydrogen-bond acceptors (Lipinski definition) is 1. The topological polar surface area (TPSA) is 36.4 Å². The van der Waals surface area contributed by atoms with E-state index in [-0.39, 0.29) is 5.82 Å². The maximum absolute atomic E-state index is 13.5. The Morgan fingerprint density at radius 1 is 0.952 bits per heavy atom. The zero-order valence-electron chi connectivity index (χ0n) is 12.4. The van der Waals surface area contributed by atoms with Crippen molar-refractivity contribution < 1.29 is 4.39 Å². The lowest BCUT2D eigenvalue weighted by atomic mass is 10.1. The average Bonchev–Trinajstić information content (AvgIpc) is 2.50. The number of nitrogens with zero attached hydrogens (tertiary/aromatic N) is 1. The fourth-order valence-electron chi connectivity index (χ4n) is 2.03. The maximum Gasteiger partial charge on any atom is 0.191 e. The van der Waals surface area contributed by atoms with E-state index in [1.807, 2.05) is 18.2 Å². The highest BCUT2D eigenvalue weighted by molar-refractivity contribution is 5.79. The second-order valence-corrected chi connectivity index (χ2v) is 4.80. The highest BCUT2D eigenvalue weighted by Gasteiger charge is 2.03. The van der Waals surface area contributed by atoms with Gasteiger partial charge in [-0.25, -0.2) is 4.39 Å². The first kappa shape index (κ1) is 15.0. The van der Waals surface area contributed by atoms with Crippen molar-refractivity contribution in [2.45, 2.75) is 20.0 Å². The molecule has 0 atom stereocenters. The van der Waals surface area contributed by atoms with Crippen LogP contribution in [0.2, 0.25) is 0 Å². The Kier molecular flexibility index (Phi) is 5.32. The minimum atomic E-state index is -0.209. The van der Waals surface area contributed by atoms with Gasteiger partial charge in [-0.2, -0.15) is 0 Å². The molecular weight excluding hydrogens is 265 g/mol. The van der Waals surface area contributed by atoms with Gasteiger partial charge in [-0.15, -0.1) is 0 Å². The van der Waals surface area contributed by atoms with Gasteiger partial charge in [0.25, 0.3) is 0 Å². The molecule has 0 aliphatic carbocycles. The predicted octanol–water partition coefficient (Wildman–Crippen LogP) is 3.00. The molecule has 3 nitrogen and oxygen atoms in total. The van der Waals surface area contributed by atoms with Crippen LogP contribution in [0.15, 0.2) is 53.5 Å². The van der Waals surface area contributed by atoms with Crippen molar-refractivity contribution in [1.82, 2.24) is 10.6 Å². The van der Waals surface area contributed by atoms with E-state index in [0.717, 1.165) is 0 Å². The summed E-state index contributed by atoms with van der Waals surface area (Å²) in [6.07, 6.45) is 0. The summed E-state index contributed by atoms with van der Waals surface area (Å²) in [7, 11) is 1.70. The molecule has 0 radical (unpaired) electrons. The molecule has 0 spiro atoms. The number of benzene rings is 2. The van der Waals surface area contributed by atoms with Crippen LogP contribution >= 0.6 is 0 Å². The van der Waals surface area contributed by atoms with E-state index >= 15 is 0 Å². The van der Waals surface area contributed by atoms with E-state index in [4.69, 9.17) is 0 Å². The summed E-state index contributed by atoms with van der Waals surface area (Å²) < 4.78 is 13.5. The molecule has 0 aromatic heterocycles. The second-order valence-electron chi connectivity index (χ2n) is 4.80. The third-order valence-electron chi connectivity index (χ3n) is 3.34. The van der Waals surface area contributed by atoms with Crippen LogP contribution in [0.25, 0.3) is 0 Å². The largest absolute Gasteiger partial charge is 0.352 e. The first-order valence-corrected chi connectivity index (χ1v) is 6.93. The van der Waals surface area contributed by atoms with Gasteiger partial charge in [-0.1, -0.05) is 42.5 Å². The first-order valence-electron chi connectivity index (χ1n) is 6.93. The Morgan fingerprint density at radius 2 is 1.52 bits per heavy atom. The van der Waals surface area contributed by atoms with Crippen molar-refractivity contribution in [3.63, 3.8) is 0 Å². The van der Waals surface area contributed by atoms with Crippen LogP contribution in [0.3, 0.4) is 0 Å². The van der Waals surface area contributed by atoms with Gasteiger partial charge >= 0.3 is 0 Å². The molecule has 2 aromatic rings. The minimum Gasteiger partial charge on any atom is -0.352 e. The van der Waals surface area contributed by atoms with Gasteiger partial charge in [0.05, 0.1) is 0 Å².